The van der Waals surface area contributed by atoms with E-state index in [9.17, 15) is 40.0 Å². The van der Waals surface area contributed by atoms with Crippen LogP contribution in [0, 0.1) is 20.2 Å². The minimum Gasteiger partial charge on any atom is -0.489 e. The Morgan fingerprint density at radius 3 is 1.94 bits per heavy atom. The van der Waals surface area contributed by atoms with Gasteiger partial charge in [0, 0.05) is 29.5 Å². The molecule has 3 atom stereocenters. The monoisotopic (exact) mass is 667 g/mol. The minimum absolute atomic E-state index is 0.0919. The summed E-state index contributed by atoms with van der Waals surface area (Å²) in [5, 5.41) is 39.7. The molecule has 0 heterocycles. The van der Waals surface area contributed by atoms with Crippen LogP contribution >= 0.6 is 0 Å². The van der Waals surface area contributed by atoms with Gasteiger partial charge in [-0.2, -0.15) is 0 Å². The van der Waals surface area contributed by atoms with Crippen LogP contribution in [-0.2, 0) is 40.5 Å². The fraction of sp³-hybridized carbons (Fsp3) is 0.394. The summed E-state index contributed by atoms with van der Waals surface area (Å²) in [6.07, 6.45) is -2.46. The lowest BCUT2D eigenvalue weighted by Gasteiger charge is -2.38. The summed E-state index contributed by atoms with van der Waals surface area (Å²) >= 11 is 0. The van der Waals surface area contributed by atoms with Gasteiger partial charge in [0.1, 0.15) is 25.6 Å². The van der Waals surface area contributed by atoms with E-state index in [-0.39, 0.29) is 50.3 Å². The maximum absolute atomic E-state index is 13.8. The smallest absolute Gasteiger partial charge is 0.338 e. The van der Waals surface area contributed by atoms with Crippen LogP contribution in [-0.4, -0.2) is 74.2 Å². The first-order valence-corrected chi connectivity index (χ1v) is 15.1. The number of aliphatic hydroxyl groups is 2. The molecule has 0 fully saturated rings. The van der Waals surface area contributed by atoms with Crippen molar-refractivity contribution in [2.24, 2.45) is 0 Å². The Kier molecular flexibility index (Phi) is 11.5. The van der Waals surface area contributed by atoms with Gasteiger partial charge in [-0.15, -0.1) is 20.2 Å². The molecule has 0 saturated heterocycles. The average Bonchev–Trinajstić information content (AvgIpc) is 3.04. The Morgan fingerprint density at radius 1 is 0.854 bits per heavy atom. The molecule has 1 unspecified atom stereocenters. The number of amides is 1. The molecule has 0 spiro atoms. The van der Waals surface area contributed by atoms with E-state index < -0.39 is 45.9 Å². The minimum atomic E-state index is -0.999. The highest BCUT2D eigenvalue weighted by atomic mass is 17.0. The van der Waals surface area contributed by atoms with E-state index in [4.69, 9.17) is 9.47 Å². The number of aliphatic hydroxyl groups excluding tert-OH is 2. The van der Waals surface area contributed by atoms with E-state index >= 15 is 0 Å². The number of benzene rings is 3. The molecule has 48 heavy (non-hydrogen) atoms. The quantitative estimate of drug-likeness (QED) is 0.144. The van der Waals surface area contributed by atoms with Crippen molar-refractivity contribution in [3.05, 3.63) is 120 Å². The first-order valence-electron chi connectivity index (χ1n) is 15.1. The van der Waals surface area contributed by atoms with E-state index in [1.165, 1.54) is 41.3 Å². The lowest BCUT2D eigenvalue weighted by Crippen LogP contribution is -2.51. The maximum atomic E-state index is 13.8. The highest BCUT2D eigenvalue weighted by Crippen LogP contribution is 2.30. The number of fused-ring (bicyclic) bond motifs is 1. The van der Waals surface area contributed by atoms with Gasteiger partial charge in [-0.3, -0.25) is 4.79 Å². The molecule has 1 aliphatic rings. The van der Waals surface area contributed by atoms with Crippen molar-refractivity contribution in [3.63, 3.8) is 0 Å². The second kappa shape index (κ2) is 15.5. The van der Waals surface area contributed by atoms with Crippen LogP contribution in [0.25, 0.3) is 0 Å². The summed E-state index contributed by atoms with van der Waals surface area (Å²) < 4.78 is 12.1. The Labute approximate surface area is 275 Å². The fourth-order valence-electron chi connectivity index (χ4n) is 5.16. The van der Waals surface area contributed by atoms with Gasteiger partial charge in [-0.1, -0.05) is 36.4 Å². The third kappa shape index (κ3) is 9.62. The second-order valence-electron chi connectivity index (χ2n) is 12.2. The molecule has 256 valence electrons. The number of esters is 1. The maximum Gasteiger partial charge on any atom is 0.338 e. The van der Waals surface area contributed by atoms with Gasteiger partial charge < -0.3 is 34.3 Å². The lowest BCUT2D eigenvalue weighted by molar-refractivity contribution is -0.763. The van der Waals surface area contributed by atoms with Crippen molar-refractivity contribution in [2.75, 3.05) is 13.2 Å². The summed E-state index contributed by atoms with van der Waals surface area (Å²) in [5.74, 6) is -0.680. The van der Waals surface area contributed by atoms with Crippen LogP contribution in [0.3, 0.4) is 0 Å². The molecule has 1 aliphatic carbocycles. The highest BCUT2D eigenvalue weighted by Gasteiger charge is 2.33. The fourth-order valence-corrected chi connectivity index (χ4v) is 5.16. The van der Waals surface area contributed by atoms with Crippen molar-refractivity contribution in [1.82, 2.24) is 4.90 Å². The number of hydrogen-bond acceptors (Lipinski definition) is 12. The summed E-state index contributed by atoms with van der Waals surface area (Å²) in [5.41, 5.74) is 2.17. The number of carbonyl (C=O) groups is 2. The van der Waals surface area contributed by atoms with Gasteiger partial charge in [0.2, 0.25) is 0 Å². The number of hydrogen-bond donors (Lipinski definition) is 2. The van der Waals surface area contributed by atoms with E-state index in [1.807, 2.05) is 26.8 Å². The standard InChI is InChI=1S/C33H37N3O12/c1-33(2,3)34(31(39)23-11-7-21(8-12-23)18-46-35(41)42)17-26(48-32(40)24-13-9-22(10-14-24)19-47-36(43)44)20-45-30-6-4-5-25-15-28(37)29(38)16-27(25)30/h4-14,26,28-29,37-38H,15-20H2,1-3H3/t26?,28-,29+/m0/s1. The summed E-state index contributed by atoms with van der Waals surface area (Å²) in [4.78, 5) is 58.5. The van der Waals surface area contributed by atoms with Gasteiger partial charge in [-0.25, -0.2) is 4.79 Å². The summed E-state index contributed by atoms with van der Waals surface area (Å²) in [6, 6.07) is 17.3. The molecule has 0 aromatic heterocycles. The van der Waals surface area contributed by atoms with Crippen molar-refractivity contribution in [1.29, 1.82) is 0 Å². The Hall–Kier alpha value is -5.28. The average molecular weight is 668 g/mol. The van der Waals surface area contributed by atoms with E-state index in [2.05, 4.69) is 9.68 Å². The van der Waals surface area contributed by atoms with Crippen LogP contribution in [0.15, 0.2) is 66.7 Å². The molecular weight excluding hydrogens is 630 g/mol. The largest absolute Gasteiger partial charge is 0.489 e. The van der Waals surface area contributed by atoms with E-state index in [1.54, 1.807) is 24.3 Å². The zero-order chi connectivity index (χ0) is 35.0. The molecule has 2 N–H and O–H groups in total. The molecule has 15 heteroatoms. The molecule has 0 aliphatic heterocycles. The molecule has 3 aromatic rings. The Bertz CT molecular complexity index is 1610. The molecule has 0 bridgehead atoms. The van der Waals surface area contributed by atoms with Crippen LogP contribution in [0.5, 0.6) is 5.75 Å². The number of rotatable bonds is 14. The zero-order valence-electron chi connectivity index (χ0n) is 26.6. The first-order chi connectivity index (χ1) is 22.7. The number of nitrogens with zero attached hydrogens (tertiary/aromatic N) is 3. The highest BCUT2D eigenvalue weighted by molar-refractivity contribution is 5.95. The van der Waals surface area contributed by atoms with Crippen molar-refractivity contribution in [3.8, 4) is 5.75 Å². The first kappa shape index (κ1) is 35.6. The third-order valence-electron chi connectivity index (χ3n) is 7.72. The van der Waals surface area contributed by atoms with Gasteiger partial charge in [0.05, 0.1) is 24.3 Å². The van der Waals surface area contributed by atoms with Gasteiger partial charge in [-0.05, 0) is 67.8 Å². The lowest BCUT2D eigenvalue weighted by atomic mass is 9.87. The topological polar surface area (TPSA) is 201 Å². The normalized spacial score (nSPS) is 16.2. The molecule has 1 amide bonds. The van der Waals surface area contributed by atoms with E-state index in [0.717, 1.165) is 11.1 Å². The summed E-state index contributed by atoms with van der Waals surface area (Å²) in [7, 11) is 0. The Morgan fingerprint density at radius 2 is 1.40 bits per heavy atom. The molecule has 15 nitrogen and oxygen atoms in total. The van der Waals surface area contributed by atoms with Crippen LogP contribution in [0.1, 0.15) is 63.7 Å². The molecule has 0 saturated carbocycles. The van der Waals surface area contributed by atoms with Crippen LogP contribution < -0.4 is 4.74 Å². The van der Waals surface area contributed by atoms with Gasteiger partial charge in [0.25, 0.3) is 16.1 Å². The van der Waals surface area contributed by atoms with Gasteiger partial charge >= 0.3 is 5.97 Å². The molecule has 0 radical (unpaired) electrons. The SMILES string of the molecule is CC(C)(C)N(CC(COc1cccc2c1C[C@@H](O)[C@@H](O)C2)OC(=O)c1ccc(CO[N+](=O)[O-])cc1)C(=O)c1ccc(CO[N+](=O)[O-])cc1. The second-order valence-corrected chi connectivity index (χ2v) is 12.2. The zero-order valence-corrected chi connectivity index (χ0v) is 26.6. The summed E-state index contributed by atoms with van der Waals surface area (Å²) in [6.45, 7) is 4.61. The Balaban J connectivity index is 1.57. The van der Waals surface area contributed by atoms with Crippen LogP contribution in [0.2, 0.25) is 0 Å². The number of carbonyl (C=O) groups excluding carboxylic acids is 2. The van der Waals surface area contributed by atoms with Crippen molar-refractivity contribution < 1.29 is 49.1 Å². The van der Waals surface area contributed by atoms with E-state index in [0.29, 0.717) is 16.9 Å². The third-order valence-corrected chi connectivity index (χ3v) is 7.72. The van der Waals surface area contributed by atoms with Gasteiger partial charge in [0.15, 0.2) is 6.10 Å². The van der Waals surface area contributed by atoms with Crippen molar-refractivity contribution >= 4 is 11.9 Å². The predicted octanol–water partition coefficient (Wildman–Crippen LogP) is 3.47. The molecule has 3 aromatic carbocycles. The van der Waals surface area contributed by atoms with Crippen molar-refractivity contribution in [2.45, 2.75) is 70.7 Å². The van der Waals surface area contributed by atoms with Crippen LogP contribution in [0.4, 0.5) is 0 Å². The molecule has 4 rings (SSSR count). The number of ether oxygens (including phenoxy) is 2. The molecular formula is C33H37N3O12. The predicted molar refractivity (Wildman–Crippen MR) is 168 cm³/mol.